The topological polar surface area (TPSA) is 29.1 Å². The summed E-state index contributed by atoms with van der Waals surface area (Å²) in [6.07, 6.45) is 1.36. The average molecular weight is 299 g/mol. The third kappa shape index (κ3) is 4.94. The van der Waals surface area contributed by atoms with Gasteiger partial charge in [0.1, 0.15) is 0 Å². The highest BCUT2D eigenvalue weighted by Crippen LogP contribution is 2.23. The molecule has 0 aliphatic heterocycles. The number of rotatable bonds is 7. The van der Waals surface area contributed by atoms with Gasteiger partial charge in [0.2, 0.25) is 5.91 Å². The van der Waals surface area contributed by atoms with E-state index in [0.717, 1.165) is 12.2 Å². The first kappa shape index (κ1) is 15.6. The molecule has 110 valence electrons. The van der Waals surface area contributed by atoms with Gasteiger partial charge >= 0.3 is 0 Å². The van der Waals surface area contributed by atoms with Crippen LogP contribution in [-0.4, -0.2) is 18.2 Å². The van der Waals surface area contributed by atoms with Gasteiger partial charge in [-0.15, -0.1) is 0 Å². The monoisotopic (exact) mass is 299 g/mol. The molecule has 0 heterocycles. The number of carbonyl (C=O) groups is 1. The number of hydrogen-bond donors (Lipinski definition) is 2. The van der Waals surface area contributed by atoms with Crippen molar-refractivity contribution in [3.05, 3.63) is 71.8 Å². The molecule has 2 aromatic rings. The van der Waals surface area contributed by atoms with E-state index in [1.54, 1.807) is 0 Å². The van der Waals surface area contributed by atoms with E-state index in [0.29, 0.717) is 13.0 Å². The molecule has 0 unspecified atom stereocenters. The molecule has 0 aliphatic carbocycles. The molecule has 0 spiro atoms. The standard InChI is InChI=1S/C18H21NOS/c20-18(12-7-13-21)19-14-17(15-8-3-1-4-9-15)16-10-5-2-6-11-16/h1-6,8-11,17,21H,7,12-14H2,(H,19,20). The highest BCUT2D eigenvalue weighted by atomic mass is 32.1. The van der Waals surface area contributed by atoms with E-state index in [-0.39, 0.29) is 11.8 Å². The number of carbonyl (C=O) groups excluding carboxylic acids is 1. The van der Waals surface area contributed by atoms with E-state index in [1.807, 2.05) is 36.4 Å². The molecule has 1 N–H and O–H groups in total. The second-order valence-electron chi connectivity index (χ2n) is 5.01. The lowest BCUT2D eigenvalue weighted by molar-refractivity contribution is -0.121. The lowest BCUT2D eigenvalue weighted by Gasteiger charge is -2.18. The Labute approximate surface area is 132 Å². The molecule has 0 saturated carbocycles. The van der Waals surface area contributed by atoms with Crippen LogP contribution in [0.15, 0.2) is 60.7 Å². The fraction of sp³-hybridized carbons (Fsp3) is 0.278. The van der Waals surface area contributed by atoms with Gasteiger partial charge in [0.25, 0.3) is 0 Å². The highest BCUT2D eigenvalue weighted by molar-refractivity contribution is 7.80. The Morgan fingerprint density at radius 2 is 1.48 bits per heavy atom. The zero-order chi connectivity index (χ0) is 14.9. The smallest absolute Gasteiger partial charge is 0.220 e. The van der Waals surface area contributed by atoms with Crippen molar-refractivity contribution in [1.82, 2.24) is 5.32 Å². The summed E-state index contributed by atoms with van der Waals surface area (Å²) in [6.45, 7) is 0.624. The Hall–Kier alpha value is -1.74. The first-order valence-corrected chi connectivity index (χ1v) is 7.92. The Morgan fingerprint density at radius 1 is 0.952 bits per heavy atom. The zero-order valence-corrected chi connectivity index (χ0v) is 12.9. The molecular formula is C18H21NOS. The Balaban J connectivity index is 2.09. The summed E-state index contributed by atoms with van der Waals surface area (Å²) in [5.74, 6) is 1.03. The van der Waals surface area contributed by atoms with Crippen molar-refractivity contribution in [2.24, 2.45) is 0 Å². The van der Waals surface area contributed by atoms with Gasteiger partial charge in [-0.05, 0) is 23.3 Å². The Morgan fingerprint density at radius 3 is 1.95 bits per heavy atom. The fourth-order valence-electron chi connectivity index (χ4n) is 2.34. The number of hydrogen-bond acceptors (Lipinski definition) is 2. The van der Waals surface area contributed by atoms with Crippen LogP contribution in [0.3, 0.4) is 0 Å². The SMILES string of the molecule is O=C(CCCS)NCC(c1ccccc1)c1ccccc1. The molecule has 2 nitrogen and oxygen atoms in total. The molecule has 0 aliphatic rings. The van der Waals surface area contributed by atoms with Gasteiger partial charge in [0.05, 0.1) is 0 Å². The van der Waals surface area contributed by atoms with Crippen LogP contribution < -0.4 is 5.32 Å². The van der Waals surface area contributed by atoms with Gasteiger partial charge in [0.15, 0.2) is 0 Å². The Bertz CT molecular complexity index is 502. The summed E-state index contributed by atoms with van der Waals surface area (Å²) < 4.78 is 0. The third-order valence-corrected chi connectivity index (χ3v) is 3.79. The van der Waals surface area contributed by atoms with Crippen LogP contribution in [-0.2, 0) is 4.79 Å². The largest absolute Gasteiger partial charge is 0.355 e. The van der Waals surface area contributed by atoms with Crippen molar-refractivity contribution < 1.29 is 4.79 Å². The van der Waals surface area contributed by atoms with Crippen LogP contribution >= 0.6 is 12.6 Å². The minimum atomic E-state index is 0.0981. The number of thiol groups is 1. The molecule has 0 bridgehead atoms. The second kappa shape index (κ2) is 8.53. The molecular weight excluding hydrogens is 278 g/mol. The Kier molecular flexibility index (Phi) is 6.35. The first-order valence-electron chi connectivity index (χ1n) is 7.28. The van der Waals surface area contributed by atoms with Crippen LogP contribution in [0.25, 0.3) is 0 Å². The van der Waals surface area contributed by atoms with Crippen LogP contribution in [0.2, 0.25) is 0 Å². The van der Waals surface area contributed by atoms with Crippen molar-refractivity contribution in [3.63, 3.8) is 0 Å². The average Bonchev–Trinajstić information content (AvgIpc) is 2.55. The van der Waals surface area contributed by atoms with Crippen molar-refractivity contribution in [2.45, 2.75) is 18.8 Å². The van der Waals surface area contributed by atoms with Crippen molar-refractivity contribution >= 4 is 18.5 Å². The van der Waals surface area contributed by atoms with Gasteiger partial charge in [-0.25, -0.2) is 0 Å². The maximum absolute atomic E-state index is 11.8. The summed E-state index contributed by atoms with van der Waals surface area (Å²) in [5, 5.41) is 3.04. The predicted octanol–water partition coefficient (Wildman–Crippen LogP) is 3.64. The summed E-state index contributed by atoms with van der Waals surface area (Å²) in [6, 6.07) is 20.6. The molecule has 0 radical (unpaired) electrons. The van der Waals surface area contributed by atoms with E-state index in [4.69, 9.17) is 0 Å². The minimum Gasteiger partial charge on any atom is -0.355 e. The summed E-state index contributed by atoms with van der Waals surface area (Å²) in [5.41, 5.74) is 2.44. The third-order valence-electron chi connectivity index (χ3n) is 3.47. The molecule has 3 heteroatoms. The van der Waals surface area contributed by atoms with Crippen molar-refractivity contribution in [1.29, 1.82) is 0 Å². The van der Waals surface area contributed by atoms with E-state index in [1.165, 1.54) is 11.1 Å². The maximum Gasteiger partial charge on any atom is 0.220 e. The summed E-state index contributed by atoms with van der Waals surface area (Å²) in [7, 11) is 0. The van der Waals surface area contributed by atoms with Gasteiger partial charge in [-0.1, -0.05) is 60.7 Å². The molecule has 2 rings (SSSR count). The van der Waals surface area contributed by atoms with Crippen LogP contribution in [0, 0.1) is 0 Å². The van der Waals surface area contributed by atoms with Crippen LogP contribution in [0.4, 0.5) is 0 Å². The molecule has 0 saturated heterocycles. The second-order valence-corrected chi connectivity index (χ2v) is 5.45. The van der Waals surface area contributed by atoms with Crippen molar-refractivity contribution in [2.75, 3.05) is 12.3 Å². The van der Waals surface area contributed by atoms with E-state index in [2.05, 4.69) is 42.2 Å². The highest BCUT2D eigenvalue weighted by Gasteiger charge is 2.14. The van der Waals surface area contributed by atoms with E-state index >= 15 is 0 Å². The summed E-state index contributed by atoms with van der Waals surface area (Å²) >= 11 is 4.14. The van der Waals surface area contributed by atoms with Gasteiger partial charge in [0, 0.05) is 18.9 Å². The molecule has 0 atom stereocenters. The van der Waals surface area contributed by atoms with Crippen LogP contribution in [0.5, 0.6) is 0 Å². The predicted molar refractivity (Wildman–Crippen MR) is 90.8 cm³/mol. The lowest BCUT2D eigenvalue weighted by Crippen LogP contribution is -2.28. The van der Waals surface area contributed by atoms with Crippen molar-refractivity contribution in [3.8, 4) is 0 Å². The summed E-state index contributed by atoms with van der Waals surface area (Å²) in [4.78, 5) is 11.8. The lowest BCUT2D eigenvalue weighted by atomic mass is 9.91. The first-order chi connectivity index (χ1) is 10.3. The van der Waals surface area contributed by atoms with Gasteiger partial charge in [-0.2, -0.15) is 12.6 Å². The zero-order valence-electron chi connectivity index (χ0n) is 12.0. The number of benzene rings is 2. The van der Waals surface area contributed by atoms with E-state index in [9.17, 15) is 4.79 Å². The van der Waals surface area contributed by atoms with Gasteiger partial charge < -0.3 is 5.32 Å². The molecule has 21 heavy (non-hydrogen) atoms. The molecule has 1 amide bonds. The van der Waals surface area contributed by atoms with Gasteiger partial charge in [-0.3, -0.25) is 4.79 Å². The fourth-order valence-corrected chi connectivity index (χ4v) is 2.50. The maximum atomic E-state index is 11.8. The number of amides is 1. The normalized spacial score (nSPS) is 10.6. The molecule has 0 fully saturated rings. The molecule has 2 aromatic carbocycles. The number of nitrogens with one attached hydrogen (secondary N) is 1. The molecule has 0 aromatic heterocycles. The minimum absolute atomic E-state index is 0.0981. The van der Waals surface area contributed by atoms with E-state index < -0.39 is 0 Å². The van der Waals surface area contributed by atoms with Crippen LogP contribution in [0.1, 0.15) is 29.9 Å². The quantitative estimate of drug-likeness (QED) is 0.751.